The van der Waals surface area contributed by atoms with Gasteiger partial charge in [-0.3, -0.25) is 4.79 Å². The highest BCUT2D eigenvalue weighted by atomic mass is 16.3. The normalized spacial score (nSPS) is 13.8. The summed E-state index contributed by atoms with van der Waals surface area (Å²) < 4.78 is 0. The first-order chi connectivity index (χ1) is 11.2. The van der Waals surface area contributed by atoms with Crippen molar-refractivity contribution < 1.29 is 9.90 Å². The van der Waals surface area contributed by atoms with Crippen LogP contribution in [-0.2, 0) is 0 Å². The van der Waals surface area contributed by atoms with Gasteiger partial charge in [0, 0.05) is 11.6 Å². The maximum absolute atomic E-state index is 10.6. The second-order valence-electron chi connectivity index (χ2n) is 5.51. The highest BCUT2D eigenvalue weighted by Gasteiger charge is 2.17. The Morgan fingerprint density at radius 2 is 1.70 bits per heavy atom. The fourth-order valence-electron chi connectivity index (χ4n) is 2.52. The molecule has 2 rings (SSSR count). The second-order valence-corrected chi connectivity index (χ2v) is 5.51. The molecular weight excluding hydrogens is 286 g/mol. The zero-order valence-corrected chi connectivity index (χ0v) is 13.4. The van der Waals surface area contributed by atoms with E-state index in [0.29, 0.717) is 5.56 Å². The van der Waals surface area contributed by atoms with Crippen LogP contribution in [-0.4, -0.2) is 24.5 Å². The summed E-state index contributed by atoms with van der Waals surface area (Å²) in [4.78, 5) is 10.6. The number of benzene rings is 2. The van der Waals surface area contributed by atoms with E-state index in [1.54, 1.807) is 0 Å². The molecule has 2 atom stereocenters. The number of hydrogen-bond donors (Lipinski definition) is 2. The third-order valence-electron chi connectivity index (χ3n) is 3.92. The Kier molecular flexibility index (Phi) is 6.73. The van der Waals surface area contributed by atoms with Gasteiger partial charge in [-0.15, -0.1) is 0 Å². The van der Waals surface area contributed by atoms with Gasteiger partial charge >= 0.3 is 0 Å². The number of aliphatic hydroxyl groups is 1. The quantitative estimate of drug-likeness (QED) is 0.732. The molecule has 1 unspecified atom stereocenters. The van der Waals surface area contributed by atoms with E-state index in [4.69, 9.17) is 0 Å². The lowest BCUT2D eigenvalue weighted by Crippen LogP contribution is -2.31. The first-order valence-electron chi connectivity index (χ1n) is 7.86. The van der Waals surface area contributed by atoms with Gasteiger partial charge < -0.3 is 10.4 Å². The third kappa shape index (κ3) is 5.16. The summed E-state index contributed by atoms with van der Waals surface area (Å²) in [6, 6.07) is 17.2. The van der Waals surface area contributed by atoms with E-state index < -0.39 is 6.10 Å². The van der Waals surface area contributed by atoms with Crippen LogP contribution >= 0.6 is 0 Å². The number of carbonyl (C=O) groups excluding carboxylic acids is 1. The van der Waals surface area contributed by atoms with Crippen molar-refractivity contribution >= 4 is 12.4 Å². The lowest BCUT2D eigenvalue weighted by molar-refractivity contribution is 0.112. The lowest BCUT2D eigenvalue weighted by atomic mass is 9.98. The minimum Gasteiger partial charge on any atom is -0.387 e. The summed E-state index contributed by atoms with van der Waals surface area (Å²) in [7, 11) is 1.87. The predicted octanol–water partition coefficient (Wildman–Crippen LogP) is 3.61. The van der Waals surface area contributed by atoms with Crippen molar-refractivity contribution in [3.8, 4) is 0 Å². The molecule has 2 aromatic carbocycles. The Labute approximate surface area is 137 Å². The van der Waals surface area contributed by atoms with Crippen LogP contribution in [0.3, 0.4) is 0 Å². The molecule has 0 amide bonds. The van der Waals surface area contributed by atoms with Crippen LogP contribution in [0.4, 0.5) is 0 Å². The molecule has 120 valence electrons. The molecule has 0 spiro atoms. The Morgan fingerprint density at radius 1 is 1.04 bits per heavy atom. The van der Waals surface area contributed by atoms with Crippen LogP contribution in [0.15, 0.2) is 60.7 Å². The average molecular weight is 309 g/mol. The standard InChI is InChI=1S/C20H23NO2/c1-21-19(20(23)18-8-3-2-4-9-18)10-6-5-7-16-11-13-17(15-22)14-12-16/h2-5,7-9,11-15,19-21,23H,6,10H2,1H3/t19-,20?/m1/s1. The monoisotopic (exact) mass is 309 g/mol. The lowest BCUT2D eigenvalue weighted by Gasteiger charge is -2.22. The predicted molar refractivity (Wildman–Crippen MR) is 94.3 cm³/mol. The van der Waals surface area contributed by atoms with Gasteiger partial charge in [-0.05, 0) is 31.0 Å². The van der Waals surface area contributed by atoms with Crippen molar-refractivity contribution in [3.05, 3.63) is 77.4 Å². The summed E-state index contributed by atoms with van der Waals surface area (Å²) in [5.41, 5.74) is 2.68. The van der Waals surface area contributed by atoms with E-state index in [1.165, 1.54) is 0 Å². The van der Waals surface area contributed by atoms with Crippen molar-refractivity contribution in [1.82, 2.24) is 5.32 Å². The number of allylic oxidation sites excluding steroid dienone is 1. The van der Waals surface area contributed by atoms with Gasteiger partial charge in [-0.25, -0.2) is 0 Å². The van der Waals surface area contributed by atoms with Crippen LogP contribution in [0.5, 0.6) is 0 Å². The van der Waals surface area contributed by atoms with Crippen LogP contribution < -0.4 is 5.32 Å². The Bertz CT molecular complexity index is 620. The molecule has 23 heavy (non-hydrogen) atoms. The Balaban J connectivity index is 1.87. The molecular formula is C20H23NO2. The molecule has 2 N–H and O–H groups in total. The summed E-state index contributed by atoms with van der Waals surface area (Å²) in [6.07, 6.45) is 6.17. The molecule has 0 radical (unpaired) electrons. The molecule has 0 bridgehead atoms. The molecule has 0 aliphatic rings. The van der Waals surface area contributed by atoms with Gasteiger partial charge in [0.2, 0.25) is 0 Å². The van der Waals surface area contributed by atoms with E-state index in [0.717, 1.165) is 30.3 Å². The van der Waals surface area contributed by atoms with Crippen LogP contribution in [0.1, 0.15) is 40.4 Å². The minimum absolute atomic E-state index is 0.0134. The van der Waals surface area contributed by atoms with Crippen molar-refractivity contribution in [2.45, 2.75) is 25.0 Å². The van der Waals surface area contributed by atoms with Gasteiger partial charge in [0.05, 0.1) is 6.10 Å². The van der Waals surface area contributed by atoms with Gasteiger partial charge in [0.15, 0.2) is 0 Å². The molecule has 0 saturated heterocycles. The number of aldehydes is 1. The summed E-state index contributed by atoms with van der Waals surface area (Å²) in [6.45, 7) is 0. The van der Waals surface area contributed by atoms with E-state index in [9.17, 15) is 9.90 Å². The number of nitrogens with one attached hydrogen (secondary N) is 1. The van der Waals surface area contributed by atoms with Crippen LogP contribution in [0.2, 0.25) is 0 Å². The highest BCUT2D eigenvalue weighted by molar-refractivity contribution is 5.75. The van der Waals surface area contributed by atoms with Crippen LogP contribution in [0, 0.1) is 0 Å². The van der Waals surface area contributed by atoms with Crippen molar-refractivity contribution in [2.24, 2.45) is 0 Å². The van der Waals surface area contributed by atoms with Gasteiger partial charge in [0.25, 0.3) is 0 Å². The molecule has 3 heteroatoms. The number of likely N-dealkylation sites (N-methyl/N-ethyl adjacent to an activating group) is 1. The molecule has 0 aliphatic heterocycles. The maximum atomic E-state index is 10.6. The SMILES string of the molecule is CN[C@H](CCC=Cc1ccc(C=O)cc1)C(O)c1ccccc1. The Morgan fingerprint density at radius 3 is 2.30 bits per heavy atom. The van der Waals surface area contributed by atoms with Gasteiger partial charge in [-0.1, -0.05) is 66.7 Å². The topological polar surface area (TPSA) is 49.3 Å². The zero-order chi connectivity index (χ0) is 16.5. The fourth-order valence-corrected chi connectivity index (χ4v) is 2.52. The summed E-state index contributed by atoms with van der Waals surface area (Å²) >= 11 is 0. The smallest absolute Gasteiger partial charge is 0.150 e. The summed E-state index contributed by atoms with van der Waals surface area (Å²) in [5, 5.41) is 13.6. The zero-order valence-electron chi connectivity index (χ0n) is 13.4. The van der Waals surface area contributed by atoms with E-state index >= 15 is 0 Å². The van der Waals surface area contributed by atoms with Gasteiger partial charge in [0.1, 0.15) is 6.29 Å². The van der Waals surface area contributed by atoms with E-state index in [1.807, 2.05) is 67.7 Å². The molecule has 0 saturated carbocycles. The molecule has 3 nitrogen and oxygen atoms in total. The molecule has 0 aromatic heterocycles. The average Bonchev–Trinajstić information content (AvgIpc) is 2.62. The largest absolute Gasteiger partial charge is 0.387 e. The highest BCUT2D eigenvalue weighted by Crippen LogP contribution is 2.19. The number of aliphatic hydroxyl groups excluding tert-OH is 1. The first kappa shape index (κ1) is 17.1. The number of rotatable bonds is 8. The minimum atomic E-state index is -0.513. The first-order valence-corrected chi connectivity index (χ1v) is 7.86. The molecule has 0 aliphatic carbocycles. The Hall–Kier alpha value is -2.23. The maximum Gasteiger partial charge on any atom is 0.150 e. The third-order valence-corrected chi connectivity index (χ3v) is 3.92. The van der Waals surface area contributed by atoms with Gasteiger partial charge in [-0.2, -0.15) is 0 Å². The number of carbonyl (C=O) groups is 1. The van der Waals surface area contributed by atoms with E-state index in [2.05, 4.69) is 11.4 Å². The molecule has 0 heterocycles. The van der Waals surface area contributed by atoms with Crippen molar-refractivity contribution in [1.29, 1.82) is 0 Å². The second kappa shape index (κ2) is 9.03. The molecule has 2 aromatic rings. The number of hydrogen-bond acceptors (Lipinski definition) is 3. The summed E-state index contributed by atoms with van der Waals surface area (Å²) in [5.74, 6) is 0. The van der Waals surface area contributed by atoms with Crippen molar-refractivity contribution in [3.63, 3.8) is 0 Å². The van der Waals surface area contributed by atoms with E-state index in [-0.39, 0.29) is 6.04 Å². The molecule has 0 fully saturated rings. The van der Waals surface area contributed by atoms with Crippen LogP contribution in [0.25, 0.3) is 6.08 Å². The fraction of sp³-hybridized carbons (Fsp3) is 0.250. The van der Waals surface area contributed by atoms with Crippen molar-refractivity contribution in [2.75, 3.05) is 7.05 Å².